The van der Waals surface area contributed by atoms with Crippen LogP contribution in [0.5, 0.6) is 0 Å². The highest BCUT2D eigenvalue weighted by molar-refractivity contribution is 5.97. The Balaban J connectivity index is 2.15. The minimum Gasteiger partial charge on any atom is -0.458 e. The highest BCUT2D eigenvalue weighted by atomic mass is 19.1. The summed E-state index contributed by atoms with van der Waals surface area (Å²) in [6, 6.07) is 4.93. The van der Waals surface area contributed by atoms with Gasteiger partial charge in [-0.1, -0.05) is 6.07 Å². The Morgan fingerprint density at radius 2 is 2.05 bits per heavy atom. The molecular weight excluding hydrogens is 273 g/mol. The first-order valence-corrected chi connectivity index (χ1v) is 7.07. The molecule has 1 heterocycles. The first-order chi connectivity index (χ1) is 9.78. The Morgan fingerprint density at radius 3 is 2.67 bits per heavy atom. The molecule has 1 aromatic rings. The van der Waals surface area contributed by atoms with Crippen molar-refractivity contribution in [2.24, 2.45) is 0 Å². The van der Waals surface area contributed by atoms with Crippen molar-refractivity contribution in [1.82, 2.24) is 4.90 Å². The lowest BCUT2D eigenvalue weighted by Gasteiger charge is -2.27. The summed E-state index contributed by atoms with van der Waals surface area (Å²) >= 11 is 0. The molecule has 1 aliphatic rings. The number of hydrogen-bond donors (Lipinski definition) is 0. The predicted octanol–water partition coefficient (Wildman–Crippen LogP) is 2.77. The summed E-state index contributed by atoms with van der Waals surface area (Å²) in [5, 5.41) is 0. The molecule has 0 bridgehead atoms. The molecule has 5 heteroatoms. The molecule has 1 aromatic carbocycles. The van der Waals surface area contributed by atoms with Gasteiger partial charge in [-0.05, 0) is 51.8 Å². The number of hydrogen-bond acceptors (Lipinski definition) is 3. The van der Waals surface area contributed by atoms with Crippen LogP contribution in [-0.2, 0) is 9.53 Å². The average molecular weight is 293 g/mol. The molecule has 0 aromatic heterocycles. The largest absolute Gasteiger partial charge is 0.458 e. The van der Waals surface area contributed by atoms with E-state index in [1.165, 1.54) is 23.1 Å². The number of esters is 1. The topological polar surface area (TPSA) is 46.6 Å². The van der Waals surface area contributed by atoms with Crippen LogP contribution in [0.2, 0.25) is 0 Å². The van der Waals surface area contributed by atoms with Gasteiger partial charge in [-0.15, -0.1) is 0 Å². The van der Waals surface area contributed by atoms with E-state index in [9.17, 15) is 14.0 Å². The summed E-state index contributed by atoms with van der Waals surface area (Å²) in [4.78, 5) is 26.1. The first kappa shape index (κ1) is 15.5. The number of likely N-dealkylation sites (tertiary alicyclic amines) is 1. The second kappa shape index (κ2) is 5.84. The fraction of sp³-hybridized carbons (Fsp3) is 0.500. The number of carbonyl (C=O) groups is 2. The highest BCUT2D eigenvalue weighted by Gasteiger charge is 2.37. The molecule has 21 heavy (non-hydrogen) atoms. The molecule has 0 N–H and O–H groups in total. The van der Waals surface area contributed by atoms with Crippen molar-refractivity contribution in [3.8, 4) is 0 Å². The summed E-state index contributed by atoms with van der Waals surface area (Å²) in [6.45, 7) is 5.86. The van der Waals surface area contributed by atoms with Crippen LogP contribution in [-0.4, -0.2) is 35.0 Å². The molecule has 1 amide bonds. The zero-order chi connectivity index (χ0) is 15.6. The van der Waals surface area contributed by atoms with Crippen molar-refractivity contribution in [2.75, 3.05) is 6.54 Å². The number of benzene rings is 1. The number of rotatable bonds is 2. The summed E-state index contributed by atoms with van der Waals surface area (Å²) in [5.41, 5.74) is -0.335. The number of nitrogens with zero attached hydrogens (tertiary/aromatic N) is 1. The average Bonchev–Trinajstić information content (AvgIpc) is 2.85. The second-order valence-corrected chi connectivity index (χ2v) is 6.20. The molecule has 0 aliphatic carbocycles. The van der Waals surface area contributed by atoms with E-state index < -0.39 is 23.4 Å². The molecule has 114 valence electrons. The summed E-state index contributed by atoms with van der Waals surface area (Å²) < 4.78 is 18.6. The van der Waals surface area contributed by atoms with Gasteiger partial charge in [0.2, 0.25) is 0 Å². The molecule has 0 spiro atoms. The monoisotopic (exact) mass is 293 g/mol. The maximum atomic E-state index is 13.2. The Bertz CT molecular complexity index is 551. The van der Waals surface area contributed by atoms with Gasteiger partial charge in [0.25, 0.3) is 5.91 Å². The van der Waals surface area contributed by atoms with Crippen LogP contribution >= 0.6 is 0 Å². The number of amides is 1. The molecule has 0 unspecified atom stereocenters. The minimum atomic E-state index is -0.590. The maximum absolute atomic E-state index is 13.2. The third kappa shape index (κ3) is 3.80. The normalized spacial score (nSPS) is 18.7. The quantitative estimate of drug-likeness (QED) is 0.788. The zero-order valence-corrected chi connectivity index (χ0v) is 12.6. The van der Waals surface area contributed by atoms with Crippen LogP contribution in [0.25, 0.3) is 0 Å². The van der Waals surface area contributed by atoms with E-state index in [2.05, 4.69) is 0 Å². The van der Waals surface area contributed by atoms with Crippen molar-refractivity contribution in [3.63, 3.8) is 0 Å². The van der Waals surface area contributed by atoms with Gasteiger partial charge >= 0.3 is 5.97 Å². The standard InChI is InChI=1S/C16H20FNO3/c1-16(2,3)21-15(20)13-8-5-9-18(13)14(19)11-6-4-7-12(17)10-11/h4,6-7,10,13H,5,8-9H2,1-3H3/t13-/m0/s1. The van der Waals surface area contributed by atoms with Crippen LogP contribution in [0, 0.1) is 5.82 Å². The fourth-order valence-electron chi connectivity index (χ4n) is 2.41. The van der Waals surface area contributed by atoms with E-state index in [1.54, 1.807) is 26.8 Å². The number of ether oxygens (including phenoxy) is 1. The lowest BCUT2D eigenvalue weighted by Crippen LogP contribution is -2.43. The predicted molar refractivity (Wildman–Crippen MR) is 76.3 cm³/mol. The number of halogens is 1. The van der Waals surface area contributed by atoms with E-state index in [1.807, 2.05) is 0 Å². The molecule has 2 rings (SSSR count). The van der Waals surface area contributed by atoms with Gasteiger partial charge in [0.15, 0.2) is 0 Å². The first-order valence-electron chi connectivity index (χ1n) is 7.07. The highest BCUT2D eigenvalue weighted by Crippen LogP contribution is 2.23. The summed E-state index contributed by atoms with van der Waals surface area (Å²) in [7, 11) is 0. The van der Waals surface area contributed by atoms with Crippen molar-refractivity contribution in [1.29, 1.82) is 0 Å². The van der Waals surface area contributed by atoms with Crippen LogP contribution in [0.1, 0.15) is 44.0 Å². The molecule has 1 aliphatic heterocycles. The lowest BCUT2D eigenvalue weighted by atomic mass is 10.1. The molecule has 1 saturated heterocycles. The van der Waals surface area contributed by atoms with Crippen LogP contribution in [0.15, 0.2) is 24.3 Å². The van der Waals surface area contributed by atoms with E-state index >= 15 is 0 Å². The second-order valence-electron chi connectivity index (χ2n) is 6.20. The van der Waals surface area contributed by atoms with Crippen molar-refractivity contribution in [3.05, 3.63) is 35.6 Å². The maximum Gasteiger partial charge on any atom is 0.329 e. The van der Waals surface area contributed by atoms with Gasteiger partial charge in [-0.25, -0.2) is 9.18 Å². The Kier molecular flexibility index (Phi) is 4.30. The molecule has 0 radical (unpaired) electrons. The van der Waals surface area contributed by atoms with E-state index in [0.717, 1.165) is 6.42 Å². The van der Waals surface area contributed by atoms with E-state index in [-0.39, 0.29) is 11.5 Å². The van der Waals surface area contributed by atoms with Gasteiger partial charge in [0.05, 0.1) is 0 Å². The van der Waals surface area contributed by atoms with Gasteiger partial charge in [0.1, 0.15) is 17.5 Å². The molecule has 0 saturated carbocycles. The number of carbonyl (C=O) groups excluding carboxylic acids is 2. The minimum absolute atomic E-state index is 0.255. The fourth-order valence-corrected chi connectivity index (χ4v) is 2.41. The Hall–Kier alpha value is -1.91. The van der Waals surface area contributed by atoms with E-state index in [4.69, 9.17) is 4.74 Å². The summed E-state index contributed by atoms with van der Waals surface area (Å²) in [6.07, 6.45) is 1.32. The van der Waals surface area contributed by atoms with Crippen LogP contribution in [0.4, 0.5) is 4.39 Å². The summed E-state index contributed by atoms with van der Waals surface area (Å²) in [5.74, 6) is -1.19. The molecule has 4 nitrogen and oxygen atoms in total. The van der Waals surface area contributed by atoms with Gasteiger partial charge in [0, 0.05) is 12.1 Å². The van der Waals surface area contributed by atoms with Gasteiger partial charge in [-0.3, -0.25) is 4.79 Å². The van der Waals surface area contributed by atoms with Crippen molar-refractivity contribution in [2.45, 2.75) is 45.3 Å². The van der Waals surface area contributed by atoms with Gasteiger partial charge in [-0.2, -0.15) is 0 Å². The Morgan fingerprint density at radius 1 is 1.33 bits per heavy atom. The van der Waals surface area contributed by atoms with Crippen LogP contribution < -0.4 is 0 Å². The molecule has 1 fully saturated rings. The van der Waals surface area contributed by atoms with E-state index in [0.29, 0.717) is 13.0 Å². The zero-order valence-electron chi connectivity index (χ0n) is 12.6. The van der Waals surface area contributed by atoms with Gasteiger partial charge < -0.3 is 9.64 Å². The smallest absolute Gasteiger partial charge is 0.329 e. The SMILES string of the molecule is CC(C)(C)OC(=O)[C@@H]1CCCN1C(=O)c1cccc(F)c1. The van der Waals surface area contributed by atoms with Crippen molar-refractivity contribution >= 4 is 11.9 Å². The molecule has 1 atom stereocenters. The van der Waals surface area contributed by atoms with Crippen molar-refractivity contribution < 1.29 is 18.7 Å². The Labute approximate surface area is 123 Å². The van der Waals surface area contributed by atoms with Crippen LogP contribution in [0.3, 0.4) is 0 Å². The lowest BCUT2D eigenvalue weighted by molar-refractivity contribution is -0.159. The molecular formula is C16H20FNO3. The third-order valence-electron chi connectivity index (χ3n) is 3.26. The third-order valence-corrected chi connectivity index (χ3v) is 3.26.